The highest BCUT2D eigenvalue weighted by molar-refractivity contribution is 9.10. The van der Waals surface area contributed by atoms with Crippen molar-refractivity contribution in [2.75, 3.05) is 13.1 Å². The van der Waals surface area contributed by atoms with Gasteiger partial charge in [0.15, 0.2) is 0 Å². The second-order valence-corrected chi connectivity index (χ2v) is 10.9. The van der Waals surface area contributed by atoms with Gasteiger partial charge in [-0.1, -0.05) is 95.7 Å². The van der Waals surface area contributed by atoms with Gasteiger partial charge >= 0.3 is 6.09 Å². The van der Waals surface area contributed by atoms with E-state index in [1.54, 1.807) is 6.20 Å². The minimum Gasteiger partial charge on any atom is -0.445 e. The molecule has 42 heavy (non-hydrogen) atoms. The maximum Gasteiger partial charge on any atom is 0.408 e. The van der Waals surface area contributed by atoms with Gasteiger partial charge < -0.3 is 25.3 Å². The van der Waals surface area contributed by atoms with Crippen molar-refractivity contribution in [3.8, 4) is 0 Å². The Kier molecular flexibility index (Phi) is 11.3. The Labute approximate surface area is 253 Å². The molecule has 1 aromatic heterocycles. The van der Waals surface area contributed by atoms with Crippen LogP contribution < -0.4 is 10.6 Å². The minimum atomic E-state index is -1.01. The molecule has 3 aromatic carbocycles. The van der Waals surface area contributed by atoms with E-state index >= 15 is 0 Å². The van der Waals surface area contributed by atoms with Crippen LogP contribution >= 0.6 is 15.9 Å². The fraction of sp³-hybridized carbons (Fsp3) is 0.250. The quantitative estimate of drug-likeness (QED) is 0.193. The summed E-state index contributed by atoms with van der Waals surface area (Å²) in [7, 11) is 0. The summed E-state index contributed by atoms with van der Waals surface area (Å²) < 4.78 is 6.29. The van der Waals surface area contributed by atoms with E-state index in [1.807, 2.05) is 91.9 Å². The van der Waals surface area contributed by atoms with E-state index in [1.165, 1.54) is 11.2 Å². The van der Waals surface area contributed by atoms with Crippen LogP contribution in [-0.4, -0.2) is 51.9 Å². The summed E-state index contributed by atoms with van der Waals surface area (Å²) in [5.41, 5.74) is 3.35. The van der Waals surface area contributed by atoms with Crippen LogP contribution in [0.3, 0.4) is 0 Å². The van der Waals surface area contributed by atoms with E-state index in [-0.39, 0.29) is 37.9 Å². The summed E-state index contributed by atoms with van der Waals surface area (Å²) in [5.74, 6) is -0.628. The van der Waals surface area contributed by atoms with Crippen molar-refractivity contribution in [2.45, 2.75) is 38.5 Å². The third-order valence-electron chi connectivity index (χ3n) is 6.68. The molecule has 0 spiro atoms. The lowest BCUT2D eigenvalue weighted by Gasteiger charge is -2.27. The summed E-state index contributed by atoms with van der Waals surface area (Å²) in [5, 5.41) is 5.66. The molecule has 9 nitrogen and oxygen atoms in total. The number of hydrogen-bond acceptors (Lipinski definition) is 5. The lowest BCUT2D eigenvalue weighted by atomic mass is 10.0. The molecule has 0 bridgehead atoms. The number of alkyl carbamates (subject to hydrolysis) is 1. The molecular weight excluding hydrogens is 598 g/mol. The molecule has 3 N–H and O–H groups in total. The molecule has 0 saturated heterocycles. The zero-order valence-electron chi connectivity index (χ0n) is 23.3. The highest BCUT2D eigenvalue weighted by Gasteiger charge is 2.29. The molecule has 4 rings (SSSR count). The minimum absolute atomic E-state index is 0.0562. The molecule has 218 valence electrons. The van der Waals surface area contributed by atoms with Gasteiger partial charge in [0.2, 0.25) is 11.8 Å². The maximum atomic E-state index is 14.0. The van der Waals surface area contributed by atoms with Gasteiger partial charge in [0.25, 0.3) is 0 Å². The molecular formula is C32H34BrN5O4. The summed E-state index contributed by atoms with van der Waals surface area (Å²) in [6, 6.07) is 25.7. The number of ether oxygens (including phenoxy) is 1. The first kappa shape index (κ1) is 30.5. The average molecular weight is 633 g/mol. The number of hydrogen-bond donors (Lipinski definition) is 3. The number of carbonyl (C=O) groups excluding carboxylic acids is 3. The zero-order chi connectivity index (χ0) is 29.7. The van der Waals surface area contributed by atoms with E-state index < -0.39 is 18.0 Å². The zero-order valence-corrected chi connectivity index (χ0v) is 24.9. The van der Waals surface area contributed by atoms with Gasteiger partial charge in [0, 0.05) is 30.2 Å². The van der Waals surface area contributed by atoms with Crippen LogP contribution in [-0.2, 0) is 33.9 Å². The molecule has 1 heterocycles. The maximum absolute atomic E-state index is 14.0. The number of carbonyl (C=O) groups is 3. The molecule has 0 aliphatic carbocycles. The van der Waals surface area contributed by atoms with Crippen molar-refractivity contribution in [1.29, 1.82) is 0 Å². The van der Waals surface area contributed by atoms with Gasteiger partial charge in [0.1, 0.15) is 12.6 Å². The molecule has 10 heteroatoms. The number of rotatable bonds is 13. The summed E-state index contributed by atoms with van der Waals surface area (Å²) in [6.45, 7) is 2.50. The van der Waals surface area contributed by atoms with E-state index in [2.05, 4.69) is 36.5 Å². The Morgan fingerprint density at radius 1 is 0.952 bits per heavy atom. The highest BCUT2D eigenvalue weighted by Crippen LogP contribution is 2.15. The lowest BCUT2D eigenvalue weighted by Crippen LogP contribution is -2.52. The second kappa shape index (κ2) is 15.5. The predicted octanol–water partition coefficient (Wildman–Crippen LogP) is 4.96. The Hall–Kier alpha value is -4.44. The normalized spacial score (nSPS) is 12.1. The largest absolute Gasteiger partial charge is 0.445 e. The Balaban J connectivity index is 1.48. The van der Waals surface area contributed by atoms with E-state index in [0.29, 0.717) is 12.2 Å². The number of imidazole rings is 1. The SMILES string of the molecule is CC(CNC(=O)CN(Cc1ccc(Br)cc1)C(=O)[C@H](Cc1c[nH]cn1)NC(=O)OCc1ccccc1)c1ccccc1. The fourth-order valence-electron chi connectivity index (χ4n) is 4.36. The first-order chi connectivity index (χ1) is 20.4. The first-order valence-electron chi connectivity index (χ1n) is 13.7. The Bertz CT molecular complexity index is 1420. The van der Waals surface area contributed by atoms with Crippen molar-refractivity contribution in [1.82, 2.24) is 25.5 Å². The van der Waals surface area contributed by atoms with Gasteiger partial charge in [-0.3, -0.25) is 9.59 Å². The number of benzene rings is 3. The van der Waals surface area contributed by atoms with Gasteiger partial charge in [-0.2, -0.15) is 0 Å². The molecule has 2 atom stereocenters. The van der Waals surface area contributed by atoms with E-state index in [9.17, 15) is 14.4 Å². The van der Waals surface area contributed by atoms with Crippen LogP contribution in [0.5, 0.6) is 0 Å². The molecule has 0 aliphatic rings. The predicted molar refractivity (Wildman–Crippen MR) is 163 cm³/mol. The number of nitrogens with one attached hydrogen (secondary N) is 3. The summed E-state index contributed by atoms with van der Waals surface area (Å²) in [4.78, 5) is 48.4. The van der Waals surface area contributed by atoms with Crippen molar-refractivity contribution in [3.63, 3.8) is 0 Å². The van der Waals surface area contributed by atoms with Crippen molar-refractivity contribution in [3.05, 3.63) is 124 Å². The third-order valence-corrected chi connectivity index (χ3v) is 7.21. The molecule has 1 unspecified atom stereocenters. The van der Waals surface area contributed by atoms with Crippen LogP contribution in [0.15, 0.2) is 102 Å². The van der Waals surface area contributed by atoms with Crippen LogP contribution in [0, 0.1) is 0 Å². The van der Waals surface area contributed by atoms with E-state index in [0.717, 1.165) is 21.2 Å². The van der Waals surface area contributed by atoms with Gasteiger partial charge in [-0.05, 0) is 34.7 Å². The smallest absolute Gasteiger partial charge is 0.408 e. The van der Waals surface area contributed by atoms with Gasteiger partial charge in [-0.15, -0.1) is 0 Å². The first-order valence-corrected chi connectivity index (χ1v) is 14.5. The number of aromatic amines is 1. The summed E-state index contributed by atoms with van der Waals surface area (Å²) in [6.07, 6.45) is 2.55. The summed E-state index contributed by atoms with van der Waals surface area (Å²) >= 11 is 3.43. The third kappa shape index (κ3) is 9.59. The fourth-order valence-corrected chi connectivity index (χ4v) is 4.62. The molecule has 4 aromatic rings. The Morgan fingerprint density at radius 3 is 2.31 bits per heavy atom. The second-order valence-electron chi connectivity index (χ2n) is 9.96. The van der Waals surface area contributed by atoms with Gasteiger partial charge in [0.05, 0.1) is 18.6 Å². The van der Waals surface area contributed by atoms with Crippen molar-refractivity contribution >= 4 is 33.8 Å². The number of aromatic nitrogens is 2. The molecule has 0 aliphatic heterocycles. The van der Waals surface area contributed by atoms with Crippen molar-refractivity contribution in [2.24, 2.45) is 0 Å². The molecule has 0 saturated carbocycles. The highest BCUT2D eigenvalue weighted by atomic mass is 79.9. The standard InChI is InChI=1S/C32H34BrN5O4/c1-23(26-10-6-3-7-11-26)17-35-30(39)20-38(19-24-12-14-27(33)15-13-24)31(40)29(16-28-18-34-22-36-28)37-32(41)42-21-25-8-4-2-5-9-25/h2-15,18,22-23,29H,16-17,19-21H2,1H3,(H,34,36)(H,35,39)(H,37,41)/t23?,29-/m0/s1. The molecule has 3 amide bonds. The van der Waals surface area contributed by atoms with Crippen LogP contribution in [0.4, 0.5) is 4.79 Å². The van der Waals surface area contributed by atoms with Gasteiger partial charge in [-0.25, -0.2) is 9.78 Å². The Morgan fingerprint density at radius 2 is 1.64 bits per heavy atom. The van der Waals surface area contributed by atoms with Crippen LogP contribution in [0.1, 0.15) is 35.2 Å². The van der Waals surface area contributed by atoms with E-state index in [4.69, 9.17) is 4.74 Å². The topological polar surface area (TPSA) is 116 Å². The van der Waals surface area contributed by atoms with Crippen LogP contribution in [0.25, 0.3) is 0 Å². The number of nitrogens with zero attached hydrogens (tertiary/aromatic N) is 2. The average Bonchev–Trinajstić information content (AvgIpc) is 3.53. The number of H-pyrrole nitrogens is 1. The molecule has 0 fully saturated rings. The number of amides is 3. The van der Waals surface area contributed by atoms with Crippen LogP contribution in [0.2, 0.25) is 0 Å². The molecule has 0 radical (unpaired) electrons. The lowest BCUT2D eigenvalue weighted by molar-refractivity contribution is -0.138. The number of halogens is 1. The monoisotopic (exact) mass is 631 g/mol. The van der Waals surface area contributed by atoms with Crippen molar-refractivity contribution < 1.29 is 19.1 Å².